The minimum Gasteiger partial charge on any atom is -0.506 e. The van der Waals surface area contributed by atoms with Crippen molar-refractivity contribution in [2.75, 3.05) is 13.2 Å². The molecule has 37 nitrogen and oxygen atoms in total. The van der Waals surface area contributed by atoms with Crippen molar-refractivity contribution in [2.45, 2.75) is 124 Å². The Kier molecular flexibility index (Phi) is 18.7. The normalized spacial score (nSPS) is 37.0. The van der Waals surface area contributed by atoms with E-state index >= 15 is 0 Å². The number of carbonyl (C=O) groups excluding carboxylic acids is 2. The molecule has 4 rings (SSSR count). The van der Waals surface area contributed by atoms with Gasteiger partial charge in [0.05, 0.1) is 13.2 Å². The molecule has 1 unspecified atom stereocenters. The lowest BCUT2D eigenvalue weighted by Crippen LogP contribution is -2.71. The van der Waals surface area contributed by atoms with Gasteiger partial charge in [-0.3, -0.25) is 27.8 Å². The number of nitrogens with one attached hydrogen (secondary N) is 2. The number of rotatable bonds is 20. The van der Waals surface area contributed by atoms with Crippen molar-refractivity contribution in [1.82, 2.24) is 10.6 Å². The van der Waals surface area contributed by atoms with E-state index in [1.165, 1.54) is 0 Å². The largest absolute Gasteiger partial charge is 0.506 e. The molecule has 2 amide bonds. The van der Waals surface area contributed by atoms with Crippen molar-refractivity contribution in [1.29, 1.82) is 0 Å². The number of amides is 2. The first-order valence-electron chi connectivity index (χ1n) is 18.5. The molecule has 0 bridgehead atoms. The van der Waals surface area contributed by atoms with E-state index in [1.807, 2.05) is 10.6 Å². The Labute approximate surface area is 386 Å². The van der Waals surface area contributed by atoms with E-state index in [9.17, 15) is 107 Å². The number of carboxylic acids is 2. The monoisotopic (exact) mass is 1090 g/mol. The average molecular weight is 1090 g/mol. The standard InChI is InChI=1S/C28H42N2O35S4/c1-5(31)29-9-18(16(64-68(49,50)51)7(57-25(9)42)3-55-66(43,44)45)59-28-15(37)13(35)20(22(63-28)24(40)41)61-26-10(30-6(2)32)19(60-27-14(36)11(33)12(34)21(62-27)23(38)39)17(65-69(52,53)54)8(58-26)4-56-67(46,47)48/h7-11,13-20,22,25-28,33-37,42H,3-4H2,1-2H3,(H,29,31)(H,30,32)(H,38,39)(H,40,41)(H,43,44,45)(H,46,47,48)(H,49,50,51)(H,52,53,54)/t7-,8-,9-,10-,11+,13-,14-,15-,16+,17+,18-,19-,20+,22+,25?,26+,27-,28-/m1/s1. The zero-order valence-corrected chi connectivity index (χ0v) is 37.5. The van der Waals surface area contributed by atoms with Crippen LogP contribution in [0.25, 0.3) is 0 Å². The zero-order chi connectivity index (χ0) is 52.5. The van der Waals surface area contributed by atoms with Crippen LogP contribution in [-0.2, 0) is 111 Å². The van der Waals surface area contributed by atoms with Gasteiger partial charge in [0.2, 0.25) is 23.9 Å². The molecule has 3 fully saturated rings. The highest BCUT2D eigenvalue weighted by Crippen LogP contribution is 2.37. The fourth-order valence-corrected chi connectivity index (χ4v) is 8.49. The Balaban J connectivity index is 1.81. The summed E-state index contributed by atoms with van der Waals surface area (Å²) >= 11 is 0. The SMILES string of the molecule is CC(=O)N[C@H]1[C@H](O[C@H]2[C@H](O)[C@@H](O)[C@H](O[C@H]3[C@@H](OS(=O)(=O)O)[C@@H](COS(=O)(=O)O)OC(O)[C@@H]3NC(C)=O)O[C@@H]2C(=O)O)O[C@H](COS(=O)(=O)O)[C@H](OS(=O)(=O)O)[C@@H]1O[C@@H]1OC(C(=O)O)=C(O)[C@H](O)[C@H]1O. The predicted octanol–water partition coefficient (Wildman–Crippen LogP) is -8.93. The summed E-state index contributed by atoms with van der Waals surface area (Å²) in [6.07, 6.45) is -41.5. The first kappa shape index (κ1) is 57.8. The quantitative estimate of drug-likeness (QED) is 0.0504. The summed E-state index contributed by atoms with van der Waals surface area (Å²) in [4.78, 5) is 49.3. The Bertz CT molecular complexity index is 2380. The van der Waals surface area contributed by atoms with Crippen molar-refractivity contribution in [3.63, 3.8) is 0 Å². The average Bonchev–Trinajstić information content (AvgIpc) is 3.18. The Morgan fingerprint density at radius 2 is 1.01 bits per heavy atom. The summed E-state index contributed by atoms with van der Waals surface area (Å²) in [5, 5.41) is 88.3. The summed E-state index contributed by atoms with van der Waals surface area (Å²) in [6, 6.07) is -4.52. The second-order valence-electron chi connectivity index (χ2n) is 14.5. The van der Waals surface area contributed by atoms with Crippen molar-refractivity contribution in [3.05, 3.63) is 11.5 Å². The smallest absolute Gasteiger partial charge is 0.397 e. The number of carbonyl (C=O) groups is 4. The first-order chi connectivity index (χ1) is 31.5. The van der Waals surface area contributed by atoms with Crippen LogP contribution in [-0.4, -0.2) is 240 Å². The number of carboxylic acid groups (broad SMARTS) is 2. The summed E-state index contributed by atoms with van der Waals surface area (Å²) in [7, 11) is -22.6. The van der Waals surface area contributed by atoms with E-state index in [1.54, 1.807) is 0 Å². The molecule has 69 heavy (non-hydrogen) atoms. The minimum atomic E-state index is -5.84. The fraction of sp³-hybridized carbons (Fsp3) is 0.786. The van der Waals surface area contributed by atoms with Crippen LogP contribution in [0.2, 0.25) is 0 Å². The molecule has 0 spiro atoms. The Morgan fingerprint density at radius 3 is 1.46 bits per heavy atom. The number of aliphatic hydroxyl groups is 6. The van der Waals surface area contributed by atoms with Crippen LogP contribution in [0.5, 0.6) is 0 Å². The first-order valence-corrected chi connectivity index (χ1v) is 23.9. The molecule has 0 aromatic heterocycles. The highest BCUT2D eigenvalue weighted by Gasteiger charge is 2.59. The number of hydrogen-bond donors (Lipinski definition) is 14. The van der Waals surface area contributed by atoms with E-state index in [2.05, 4.69) is 16.7 Å². The fourth-order valence-electron chi connectivity index (χ4n) is 6.85. The third-order valence-electron chi connectivity index (χ3n) is 9.48. The van der Waals surface area contributed by atoms with Gasteiger partial charge in [0, 0.05) is 13.8 Å². The van der Waals surface area contributed by atoms with E-state index in [-0.39, 0.29) is 0 Å². The molecule has 0 radical (unpaired) electrons. The van der Waals surface area contributed by atoms with Gasteiger partial charge in [-0.05, 0) is 0 Å². The number of ether oxygens (including phenoxy) is 7. The molecular weight excluding hydrogens is 1050 g/mol. The molecule has 14 N–H and O–H groups in total. The second-order valence-corrected chi connectivity index (χ2v) is 18.7. The summed E-state index contributed by atoms with van der Waals surface area (Å²) in [6.45, 7) is -1.62. The van der Waals surface area contributed by atoms with Gasteiger partial charge in [0.1, 0.15) is 79.2 Å². The summed E-state index contributed by atoms with van der Waals surface area (Å²) in [5.41, 5.74) is 0. The molecule has 4 heterocycles. The molecule has 3 saturated heterocycles. The molecule has 4 aliphatic rings. The molecule has 0 saturated carbocycles. The lowest BCUT2D eigenvalue weighted by atomic mass is 9.94. The minimum absolute atomic E-state index is 0.712. The van der Waals surface area contributed by atoms with E-state index < -0.39 is 201 Å². The number of aliphatic carboxylic acids is 2. The molecule has 398 valence electrons. The van der Waals surface area contributed by atoms with Crippen molar-refractivity contribution in [3.8, 4) is 0 Å². The molecule has 41 heteroatoms. The lowest BCUT2D eigenvalue weighted by Gasteiger charge is -2.49. The van der Waals surface area contributed by atoms with Crippen LogP contribution in [0.3, 0.4) is 0 Å². The van der Waals surface area contributed by atoms with Crippen LogP contribution in [0.1, 0.15) is 13.8 Å². The predicted molar refractivity (Wildman–Crippen MR) is 200 cm³/mol. The Morgan fingerprint density at radius 1 is 0.565 bits per heavy atom. The summed E-state index contributed by atoms with van der Waals surface area (Å²) < 4.78 is 186. The van der Waals surface area contributed by atoms with Gasteiger partial charge in [-0.25, -0.2) is 26.3 Å². The van der Waals surface area contributed by atoms with Gasteiger partial charge < -0.3 is 84.6 Å². The maximum Gasteiger partial charge on any atom is 0.397 e. The van der Waals surface area contributed by atoms with E-state index in [0.29, 0.717) is 6.92 Å². The molecule has 18 atom stereocenters. The molecule has 0 aromatic carbocycles. The topological polar surface area (TPSA) is 573 Å². The van der Waals surface area contributed by atoms with Crippen LogP contribution < -0.4 is 10.6 Å². The van der Waals surface area contributed by atoms with Gasteiger partial charge >= 0.3 is 53.5 Å². The van der Waals surface area contributed by atoms with Gasteiger partial charge in [0.25, 0.3) is 0 Å². The van der Waals surface area contributed by atoms with Gasteiger partial charge in [0.15, 0.2) is 30.7 Å². The van der Waals surface area contributed by atoms with Crippen molar-refractivity contribution < 1.29 is 162 Å². The van der Waals surface area contributed by atoms with Crippen molar-refractivity contribution >= 4 is 65.3 Å². The van der Waals surface area contributed by atoms with Crippen molar-refractivity contribution in [2.24, 2.45) is 0 Å². The maximum atomic E-state index is 12.8. The highest BCUT2D eigenvalue weighted by molar-refractivity contribution is 7.81. The zero-order valence-electron chi connectivity index (χ0n) is 34.2. The lowest BCUT2D eigenvalue weighted by molar-refractivity contribution is -0.361. The van der Waals surface area contributed by atoms with Crippen LogP contribution in [0.15, 0.2) is 11.5 Å². The summed E-state index contributed by atoms with van der Waals surface area (Å²) in [5.74, 6) is -9.69. The van der Waals surface area contributed by atoms with E-state index in [0.717, 1.165) is 6.92 Å². The maximum absolute atomic E-state index is 12.8. The third kappa shape index (κ3) is 15.6. The molecular formula is C28H42N2O35S4. The molecule has 0 aliphatic carbocycles. The molecule has 0 aromatic rings. The van der Waals surface area contributed by atoms with Crippen LogP contribution in [0.4, 0.5) is 0 Å². The highest BCUT2D eigenvalue weighted by atomic mass is 32.3. The van der Waals surface area contributed by atoms with Gasteiger partial charge in [-0.15, -0.1) is 0 Å². The van der Waals surface area contributed by atoms with Crippen LogP contribution in [0, 0.1) is 0 Å². The van der Waals surface area contributed by atoms with Gasteiger partial charge in [-0.1, -0.05) is 0 Å². The van der Waals surface area contributed by atoms with E-state index in [4.69, 9.17) is 37.7 Å². The van der Waals surface area contributed by atoms with Gasteiger partial charge in [-0.2, -0.15) is 33.7 Å². The number of hydrogen-bond acceptors (Lipinski definition) is 29. The molecule has 4 aliphatic heterocycles. The third-order valence-corrected chi connectivity index (χ3v) is 11.3. The van der Waals surface area contributed by atoms with Crippen LogP contribution >= 0.6 is 0 Å². The number of aliphatic hydroxyl groups excluding tert-OH is 6. The Hall–Kier alpha value is -3.74. The second kappa shape index (κ2) is 22.4.